The SMILES string of the molecule is Cc1cccc(CNC(C)C)c1OCc1ccc(Cl)s1. The van der Waals surface area contributed by atoms with E-state index in [1.54, 1.807) is 11.3 Å². The van der Waals surface area contributed by atoms with Gasteiger partial charge in [-0.25, -0.2) is 0 Å². The molecule has 2 rings (SSSR count). The first-order chi connectivity index (χ1) is 9.56. The van der Waals surface area contributed by atoms with Crippen LogP contribution in [0.3, 0.4) is 0 Å². The van der Waals surface area contributed by atoms with Crippen LogP contribution in [-0.2, 0) is 13.2 Å². The zero-order valence-electron chi connectivity index (χ0n) is 12.1. The van der Waals surface area contributed by atoms with E-state index in [9.17, 15) is 0 Å². The Labute approximate surface area is 129 Å². The first kappa shape index (κ1) is 15.4. The van der Waals surface area contributed by atoms with Crippen molar-refractivity contribution in [3.05, 3.63) is 50.7 Å². The van der Waals surface area contributed by atoms with Crippen molar-refractivity contribution < 1.29 is 4.74 Å². The fourth-order valence-electron chi connectivity index (χ4n) is 1.95. The highest BCUT2D eigenvalue weighted by Gasteiger charge is 2.08. The molecule has 0 spiro atoms. The van der Waals surface area contributed by atoms with Gasteiger partial charge in [0.15, 0.2) is 0 Å². The van der Waals surface area contributed by atoms with E-state index in [2.05, 4.69) is 44.3 Å². The van der Waals surface area contributed by atoms with Gasteiger partial charge in [0, 0.05) is 23.0 Å². The summed E-state index contributed by atoms with van der Waals surface area (Å²) in [5.74, 6) is 0.977. The molecule has 0 amide bonds. The van der Waals surface area contributed by atoms with Crippen LogP contribution in [0.25, 0.3) is 0 Å². The summed E-state index contributed by atoms with van der Waals surface area (Å²) in [5.41, 5.74) is 2.36. The van der Waals surface area contributed by atoms with Crippen molar-refractivity contribution in [1.29, 1.82) is 0 Å². The van der Waals surface area contributed by atoms with E-state index in [0.29, 0.717) is 12.6 Å². The highest BCUT2D eigenvalue weighted by molar-refractivity contribution is 7.16. The van der Waals surface area contributed by atoms with Crippen LogP contribution >= 0.6 is 22.9 Å². The third-order valence-electron chi connectivity index (χ3n) is 2.98. The predicted molar refractivity (Wildman–Crippen MR) is 86.8 cm³/mol. The van der Waals surface area contributed by atoms with Crippen molar-refractivity contribution >= 4 is 22.9 Å². The van der Waals surface area contributed by atoms with Crippen molar-refractivity contribution in [3.8, 4) is 5.75 Å². The lowest BCUT2D eigenvalue weighted by Crippen LogP contribution is -2.22. The maximum absolute atomic E-state index is 6.01. The first-order valence-corrected chi connectivity index (χ1v) is 7.94. The molecule has 20 heavy (non-hydrogen) atoms. The number of halogens is 1. The van der Waals surface area contributed by atoms with Crippen LogP contribution in [0, 0.1) is 6.92 Å². The highest BCUT2D eigenvalue weighted by Crippen LogP contribution is 2.27. The molecule has 1 aromatic heterocycles. The molecule has 0 unspecified atom stereocenters. The van der Waals surface area contributed by atoms with Crippen molar-refractivity contribution in [2.45, 2.75) is 40.0 Å². The monoisotopic (exact) mass is 309 g/mol. The molecule has 0 aliphatic heterocycles. The molecule has 0 fully saturated rings. The maximum Gasteiger partial charge on any atom is 0.127 e. The average Bonchev–Trinajstić information content (AvgIpc) is 2.81. The molecule has 0 aliphatic rings. The van der Waals surface area contributed by atoms with Gasteiger partial charge in [-0.3, -0.25) is 0 Å². The van der Waals surface area contributed by atoms with Gasteiger partial charge in [-0.15, -0.1) is 11.3 Å². The minimum absolute atomic E-state index is 0.458. The number of rotatable bonds is 6. The standard InChI is InChI=1S/C16H20ClNOS/c1-11(2)18-9-13-6-4-5-12(3)16(13)19-10-14-7-8-15(17)20-14/h4-8,11,18H,9-10H2,1-3H3. The molecular weight excluding hydrogens is 290 g/mol. The summed E-state index contributed by atoms with van der Waals surface area (Å²) >= 11 is 7.50. The number of benzene rings is 1. The zero-order chi connectivity index (χ0) is 14.5. The van der Waals surface area contributed by atoms with Crippen molar-refractivity contribution in [1.82, 2.24) is 5.32 Å². The van der Waals surface area contributed by atoms with Gasteiger partial charge in [0.2, 0.25) is 0 Å². The Hall–Kier alpha value is -1.03. The third-order valence-corrected chi connectivity index (χ3v) is 4.19. The third kappa shape index (κ3) is 4.23. The Kier molecular flexibility index (Phi) is 5.46. The van der Waals surface area contributed by atoms with E-state index in [1.165, 1.54) is 5.56 Å². The summed E-state index contributed by atoms with van der Waals surface area (Å²) in [6.07, 6.45) is 0. The molecule has 0 radical (unpaired) electrons. The summed E-state index contributed by atoms with van der Waals surface area (Å²) in [7, 11) is 0. The van der Waals surface area contributed by atoms with E-state index >= 15 is 0 Å². The second-order valence-corrected chi connectivity index (χ2v) is 6.89. The lowest BCUT2D eigenvalue weighted by atomic mass is 10.1. The molecule has 1 N–H and O–H groups in total. The van der Waals surface area contributed by atoms with Crippen LogP contribution in [0.2, 0.25) is 4.34 Å². The van der Waals surface area contributed by atoms with E-state index in [4.69, 9.17) is 16.3 Å². The Balaban J connectivity index is 2.08. The molecule has 0 saturated carbocycles. The molecule has 1 aromatic carbocycles. The summed E-state index contributed by atoms with van der Waals surface area (Å²) in [5, 5.41) is 3.43. The topological polar surface area (TPSA) is 21.3 Å². The lowest BCUT2D eigenvalue weighted by Gasteiger charge is -2.15. The summed E-state index contributed by atoms with van der Waals surface area (Å²) in [6, 6.07) is 10.6. The smallest absolute Gasteiger partial charge is 0.127 e. The number of para-hydroxylation sites is 1. The van der Waals surface area contributed by atoms with E-state index in [1.807, 2.05) is 12.1 Å². The van der Waals surface area contributed by atoms with Crippen molar-refractivity contribution in [3.63, 3.8) is 0 Å². The molecular formula is C16H20ClNOS. The Morgan fingerprint density at radius 2 is 2.05 bits per heavy atom. The number of ether oxygens (including phenoxy) is 1. The Morgan fingerprint density at radius 3 is 2.70 bits per heavy atom. The van der Waals surface area contributed by atoms with Gasteiger partial charge >= 0.3 is 0 Å². The minimum Gasteiger partial charge on any atom is -0.487 e. The number of hydrogen-bond donors (Lipinski definition) is 1. The minimum atomic E-state index is 0.458. The van der Waals surface area contributed by atoms with Crippen LogP contribution in [0.1, 0.15) is 29.9 Å². The molecule has 1 heterocycles. The molecule has 0 aliphatic carbocycles. The lowest BCUT2D eigenvalue weighted by molar-refractivity contribution is 0.303. The van der Waals surface area contributed by atoms with Crippen molar-refractivity contribution in [2.24, 2.45) is 0 Å². The number of nitrogens with one attached hydrogen (secondary N) is 1. The van der Waals surface area contributed by atoms with Gasteiger partial charge in [0.05, 0.1) is 4.34 Å². The molecule has 0 bridgehead atoms. The van der Waals surface area contributed by atoms with Crippen LogP contribution in [0.4, 0.5) is 0 Å². The van der Waals surface area contributed by atoms with Gasteiger partial charge in [0.1, 0.15) is 12.4 Å². The molecule has 0 atom stereocenters. The van der Waals surface area contributed by atoms with E-state index in [-0.39, 0.29) is 0 Å². The van der Waals surface area contributed by atoms with E-state index < -0.39 is 0 Å². The van der Waals surface area contributed by atoms with Gasteiger partial charge < -0.3 is 10.1 Å². The van der Waals surface area contributed by atoms with Crippen LogP contribution in [0.5, 0.6) is 5.75 Å². The zero-order valence-corrected chi connectivity index (χ0v) is 13.6. The Bertz CT molecular complexity index is 565. The highest BCUT2D eigenvalue weighted by atomic mass is 35.5. The Morgan fingerprint density at radius 1 is 1.25 bits per heavy atom. The average molecular weight is 310 g/mol. The van der Waals surface area contributed by atoms with Crippen molar-refractivity contribution in [2.75, 3.05) is 0 Å². The summed E-state index contributed by atoms with van der Waals surface area (Å²) in [4.78, 5) is 1.14. The van der Waals surface area contributed by atoms with Gasteiger partial charge in [-0.05, 0) is 24.6 Å². The molecule has 2 aromatic rings. The van der Waals surface area contributed by atoms with Crippen LogP contribution < -0.4 is 10.1 Å². The van der Waals surface area contributed by atoms with Gasteiger partial charge in [0.25, 0.3) is 0 Å². The number of hydrogen-bond acceptors (Lipinski definition) is 3. The number of aryl methyl sites for hydroxylation is 1. The summed E-state index contributed by atoms with van der Waals surface area (Å²) < 4.78 is 6.81. The molecule has 2 nitrogen and oxygen atoms in total. The number of thiophene rings is 1. The second kappa shape index (κ2) is 7.11. The summed E-state index contributed by atoms with van der Waals surface area (Å²) in [6.45, 7) is 7.75. The van der Waals surface area contributed by atoms with E-state index in [0.717, 1.165) is 27.1 Å². The van der Waals surface area contributed by atoms with Gasteiger partial charge in [-0.1, -0.05) is 43.6 Å². The fourth-order valence-corrected chi connectivity index (χ4v) is 2.95. The first-order valence-electron chi connectivity index (χ1n) is 6.75. The molecule has 0 saturated heterocycles. The predicted octanol–water partition coefficient (Wildman–Crippen LogP) is 4.79. The molecule has 4 heteroatoms. The maximum atomic E-state index is 6.01. The molecule has 108 valence electrons. The quantitative estimate of drug-likeness (QED) is 0.828. The van der Waals surface area contributed by atoms with Crippen LogP contribution in [0.15, 0.2) is 30.3 Å². The largest absolute Gasteiger partial charge is 0.487 e. The normalized spacial score (nSPS) is 11.1. The van der Waals surface area contributed by atoms with Gasteiger partial charge in [-0.2, -0.15) is 0 Å². The fraction of sp³-hybridized carbons (Fsp3) is 0.375. The van der Waals surface area contributed by atoms with Crippen LogP contribution in [-0.4, -0.2) is 6.04 Å². The second-order valence-electron chi connectivity index (χ2n) is 5.09.